The van der Waals surface area contributed by atoms with Crippen molar-refractivity contribution in [2.45, 2.75) is 6.92 Å². The fraction of sp³-hybridized carbons (Fsp3) is 0.429. The molecule has 0 saturated carbocycles. The van der Waals surface area contributed by atoms with Gasteiger partial charge in [-0.25, -0.2) is 9.59 Å². The van der Waals surface area contributed by atoms with Gasteiger partial charge in [0.2, 0.25) is 0 Å². The summed E-state index contributed by atoms with van der Waals surface area (Å²) in [5, 5.41) is 0. The van der Waals surface area contributed by atoms with E-state index in [1.165, 1.54) is 6.20 Å². The van der Waals surface area contributed by atoms with Gasteiger partial charge in [-0.3, -0.25) is 4.98 Å². The monoisotopic (exact) mass is 188 g/mol. The summed E-state index contributed by atoms with van der Waals surface area (Å²) >= 11 is 0. The van der Waals surface area contributed by atoms with E-state index in [9.17, 15) is 9.59 Å². The first-order valence-corrected chi connectivity index (χ1v) is 5.13. The highest BCUT2D eigenvalue weighted by atomic mass is 32.2. The van der Waals surface area contributed by atoms with Gasteiger partial charge in [-0.15, -0.1) is 0 Å². The molecule has 1 atom stereocenters. The molecule has 1 unspecified atom stereocenters. The molecule has 1 N–H and O–H groups in total. The molecule has 0 fully saturated rings. The quantitative estimate of drug-likeness (QED) is 0.552. The molecule has 0 bridgehead atoms. The molecule has 1 rings (SSSR count). The predicted molar refractivity (Wildman–Crippen MR) is 46.5 cm³/mol. The number of aromatic nitrogens is 1. The molecule has 0 aliphatic carbocycles. The van der Waals surface area contributed by atoms with Crippen molar-refractivity contribution in [1.82, 2.24) is 4.98 Å². The fourth-order valence-corrected chi connectivity index (χ4v) is 1.77. The first-order chi connectivity index (χ1) is 5.66. The number of esters is 1. The third-order valence-corrected chi connectivity index (χ3v) is 3.02. The zero-order valence-corrected chi connectivity index (χ0v) is 7.73. The number of H-pyrrole nitrogens is 1. The lowest BCUT2D eigenvalue weighted by atomic mass is 10.6. The van der Waals surface area contributed by atoms with Crippen LogP contribution in [0.25, 0.3) is 0 Å². The zero-order valence-electron chi connectivity index (χ0n) is 6.92. The molecule has 66 valence electrons. The van der Waals surface area contributed by atoms with E-state index in [1.807, 2.05) is 0 Å². The summed E-state index contributed by atoms with van der Waals surface area (Å²) in [5.41, 5.74) is 0. The Kier molecular flexibility index (Phi) is 2.65. The molecule has 0 aromatic carbocycles. The Morgan fingerprint density at radius 3 is 2.83 bits per heavy atom. The number of nitrogens with one attached hydrogen (secondary N) is 1. The molecule has 0 aliphatic rings. The molecule has 0 radical (unpaired) electrons. The van der Waals surface area contributed by atoms with Gasteiger partial charge < -0.3 is 4.74 Å². The summed E-state index contributed by atoms with van der Waals surface area (Å²) in [7, 11) is -0.650. The van der Waals surface area contributed by atoms with E-state index in [0.29, 0.717) is 11.5 Å². The second-order valence-corrected chi connectivity index (χ2v) is 4.00. The molecule has 0 aliphatic heterocycles. The van der Waals surface area contributed by atoms with Crippen molar-refractivity contribution in [3.8, 4) is 0 Å². The number of thiazole rings is 1. The van der Waals surface area contributed by atoms with Gasteiger partial charge in [0.1, 0.15) is 6.26 Å². The van der Waals surface area contributed by atoms with E-state index >= 15 is 0 Å². The normalized spacial score (nSPS) is 11.3. The van der Waals surface area contributed by atoms with Crippen molar-refractivity contribution in [2.24, 2.45) is 6.26 Å². The molecule has 1 aromatic heterocycles. The van der Waals surface area contributed by atoms with Gasteiger partial charge in [0.15, 0.2) is 0 Å². The summed E-state index contributed by atoms with van der Waals surface area (Å²) in [6, 6.07) is 0. The Morgan fingerprint density at radius 1 is 1.75 bits per heavy atom. The molecule has 0 spiro atoms. The highest BCUT2D eigenvalue weighted by Gasteiger charge is 2.22. The molecule has 4 nitrogen and oxygen atoms in total. The average molecular weight is 188 g/mol. The standard InChI is InChI=1S/C7H9NO3S/c1-3-11-6(9)5-4-8-7(10)12(5)2/h4H,3H2,1-2H3/p+1. The van der Waals surface area contributed by atoms with Crippen LogP contribution in [0.15, 0.2) is 11.0 Å². The second-order valence-electron chi connectivity index (χ2n) is 2.17. The summed E-state index contributed by atoms with van der Waals surface area (Å²) < 4.78 is 4.75. The van der Waals surface area contributed by atoms with E-state index in [-0.39, 0.29) is 4.87 Å². The van der Waals surface area contributed by atoms with Crippen LogP contribution in [0.3, 0.4) is 0 Å². The molecular weight excluding hydrogens is 178 g/mol. The van der Waals surface area contributed by atoms with Crippen LogP contribution in [0.5, 0.6) is 0 Å². The van der Waals surface area contributed by atoms with Crippen molar-refractivity contribution in [2.75, 3.05) is 6.61 Å². The summed E-state index contributed by atoms with van der Waals surface area (Å²) in [6.07, 6.45) is 3.12. The van der Waals surface area contributed by atoms with Crippen LogP contribution in [0.4, 0.5) is 0 Å². The molecule has 0 amide bonds. The van der Waals surface area contributed by atoms with Crippen molar-refractivity contribution in [3.05, 3.63) is 20.7 Å². The number of hydrogen-bond donors (Lipinski definition) is 1. The lowest BCUT2D eigenvalue weighted by Crippen LogP contribution is -2.03. The summed E-state index contributed by atoms with van der Waals surface area (Å²) in [5.74, 6) is -0.401. The first kappa shape index (κ1) is 8.99. The highest BCUT2D eigenvalue weighted by Crippen LogP contribution is 2.13. The Morgan fingerprint density at radius 2 is 2.42 bits per heavy atom. The molecule has 1 heterocycles. The third-order valence-electron chi connectivity index (χ3n) is 1.41. The molecule has 5 heteroatoms. The third kappa shape index (κ3) is 1.55. The zero-order chi connectivity index (χ0) is 9.14. The van der Waals surface area contributed by atoms with Gasteiger partial charge in [0.25, 0.3) is 4.88 Å². The van der Waals surface area contributed by atoms with E-state index < -0.39 is 16.4 Å². The topological polar surface area (TPSA) is 59.2 Å². The van der Waals surface area contributed by atoms with Gasteiger partial charge in [-0.05, 0) is 6.92 Å². The predicted octanol–water partition coefficient (Wildman–Crippen LogP) is 0.838. The van der Waals surface area contributed by atoms with Gasteiger partial charge in [-0.2, -0.15) is 0 Å². The summed E-state index contributed by atoms with van der Waals surface area (Å²) in [4.78, 5) is 24.8. The Bertz CT molecular complexity index is 339. The van der Waals surface area contributed by atoms with Gasteiger partial charge in [0.05, 0.1) is 23.3 Å². The minimum atomic E-state index is -0.650. The first-order valence-electron chi connectivity index (χ1n) is 3.50. The number of carbonyl (C=O) groups excluding carboxylic acids is 1. The number of carbonyl (C=O) groups is 1. The number of ether oxygens (including phenoxy) is 1. The van der Waals surface area contributed by atoms with Crippen LogP contribution >= 0.6 is 10.5 Å². The van der Waals surface area contributed by atoms with E-state index in [0.717, 1.165) is 0 Å². The number of rotatable bonds is 2. The Labute approximate surface area is 72.2 Å². The largest absolute Gasteiger partial charge is 0.459 e. The second kappa shape index (κ2) is 3.53. The Hall–Kier alpha value is -1.10. The lowest BCUT2D eigenvalue weighted by molar-refractivity contribution is 0.0531. The fourth-order valence-electron chi connectivity index (χ4n) is 0.787. The van der Waals surface area contributed by atoms with Gasteiger partial charge >= 0.3 is 10.8 Å². The highest BCUT2D eigenvalue weighted by molar-refractivity contribution is 7.29. The lowest BCUT2D eigenvalue weighted by Gasteiger charge is -1.93. The molecule has 0 saturated heterocycles. The number of hydrogen-bond acceptors (Lipinski definition) is 3. The SMILES string of the molecule is CCOC(=O)c1c[nH]c(=O)[s+]1C. The summed E-state index contributed by atoms with van der Waals surface area (Å²) in [6.45, 7) is 2.07. The van der Waals surface area contributed by atoms with Crippen LogP contribution in [-0.2, 0) is 11.0 Å². The molecular formula is C7H10NO3S+. The smallest absolute Gasteiger partial charge is 0.455 e. The van der Waals surface area contributed by atoms with Crippen molar-refractivity contribution >= 4 is 16.4 Å². The van der Waals surface area contributed by atoms with Crippen molar-refractivity contribution in [3.63, 3.8) is 0 Å². The van der Waals surface area contributed by atoms with Crippen LogP contribution < -0.4 is 4.87 Å². The van der Waals surface area contributed by atoms with Crippen molar-refractivity contribution < 1.29 is 9.53 Å². The minimum Gasteiger partial charge on any atom is -0.459 e. The molecule has 12 heavy (non-hydrogen) atoms. The van der Waals surface area contributed by atoms with Crippen LogP contribution in [0, 0.1) is 0 Å². The van der Waals surface area contributed by atoms with E-state index in [2.05, 4.69) is 4.98 Å². The molecule has 1 aromatic rings. The van der Waals surface area contributed by atoms with Crippen LogP contribution in [0.2, 0.25) is 0 Å². The minimum absolute atomic E-state index is 0.127. The maximum atomic E-state index is 11.1. The van der Waals surface area contributed by atoms with E-state index in [1.54, 1.807) is 13.2 Å². The number of aromatic amines is 1. The van der Waals surface area contributed by atoms with Gasteiger partial charge in [0, 0.05) is 0 Å². The maximum absolute atomic E-state index is 11.1. The maximum Gasteiger partial charge on any atom is 0.455 e. The van der Waals surface area contributed by atoms with Crippen molar-refractivity contribution in [1.29, 1.82) is 0 Å². The van der Waals surface area contributed by atoms with Gasteiger partial charge in [-0.1, -0.05) is 0 Å². The van der Waals surface area contributed by atoms with Crippen LogP contribution in [-0.4, -0.2) is 17.6 Å². The average Bonchev–Trinajstić information content (AvgIpc) is 2.34. The van der Waals surface area contributed by atoms with E-state index in [4.69, 9.17) is 4.74 Å². The van der Waals surface area contributed by atoms with Crippen LogP contribution in [0.1, 0.15) is 16.6 Å². The Balaban J connectivity index is 2.96.